The summed E-state index contributed by atoms with van der Waals surface area (Å²) in [6, 6.07) is 0.710. The largest absolute Gasteiger partial charge is 0.369 e. The summed E-state index contributed by atoms with van der Waals surface area (Å²) in [6.45, 7) is 11.5. The molecule has 0 spiro atoms. The van der Waals surface area contributed by atoms with Crippen molar-refractivity contribution in [3.8, 4) is 0 Å². The van der Waals surface area contributed by atoms with Crippen molar-refractivity contribution in [3.63, 3.8) is 0 Å². The Morgan fingerprint density at radius 3 is 2.53 bits per heavy atom. The molecule has 4 heteroatoms. The Morgan fingerprint density at radius 2 is 2.00 bits per heavy atom. The van der Waals surface area contributed by atoms with Crippen molar-refractivity contribution in [2.75, 3.05) is 18.0 Å². The molecular weight excluding hydrogens is 236 g/mol. The normalized spacial score (nSPS) is 15.0. The van der Waals surface area contributed by atoms with Gasteiger partial charge < -0.3 is 10.2 Å². The second kappa shape index (κ2) is 6.33. The first-order valence-electron chi connectivity index (χ1n) is 7.49. The lowest BCUT2D eigenvalue weighted by molar-refractivity contribution is 0.655. The average molecular weight is 262 g/mol. The minimum atomic E-state index is 0.380. The molecule has 0 aromatic carbocycles. The van der Waals surface area contributed by atoms with E-state index in [9.17, 15) is 0 Å². The van der Waals surface area contributed by atoms with Crippen LogP contribution >= 0.6 is 0 Å². The highest BCUT2D eigenvalue weighted by molar-refractivity contribution is 5.49. The molecular formula is C15H26N4. The third-order valence-electron chi connectivity index (χ3n) is 3.62. The van der Waals surface area contributed by atoms with Crippen molar-refractivity contribution < 1.29 is 0 Å². The van der Waals surface area contributed by atoms with Gasteiger partial charge in [-0.3, -0.25) is 0 Å². The van der Waals surface area contributed by atoms with Crippen LogP contribution in [0.5, 0.6) is 0 Å². The highest BCUT2D eigenvalue weighted by atomic mass is 15.1. The summed E-state index contributed by atoms with van der Waals surface area (Å²) in [6.07, 6.45) is 4.62. The molecule has 19 heavy (non-hydrogen) atoms. The van der Waals surface area contributed by atoms with Gasteiger partial charge in [0.15, 0.2) is 0 Å². The van der Waals surface area contributed by atoms with Gasteiger partial charge in [-0.2, -0.15) is 0 Å². The molecule has 0 amide bonds. The Labute approximate surface area is 116 Å². The molecule has 0 radical (unpaired) electrons. The molecule has 1 aliphatic rings. The van der Waals surface area contributed by atoms with E-state index >= 15 is 0 Å². The van der Waals surface area contributed by atoms with Gasteiger partial charge in [0, 0.05) is 31.6 Å². The first-order valence-corrected chi connectivity index (χ1v) is 7.49. The molecule has 0 atom stereocenters. The lowest BCUT2D eigenvalue weighted by Crippen LogP contribution is -2.26. The molecule has 2 rings (SSSR count). The monoisotopic (exact) mass is 262 g/mol. The van der Waals surface area contributed by atoms with Crippen molar-refractivity contribution in [1.82, 2.24) is 15.3 Å². The average Bonchev–Trinajstić information content (AvgIpc) is 3.22. The predicted octanol–water partition coefficient (Wildman–Crippen LogP) is 2.70. The number of aromatic nitrogens is 2. The molecule has 0 saturated heterocycles. The second-order valence-electron chi connectivity index (χ2n) is 5.54. The fraction of sp³-hybridized carbons (Fsp3) is 0.733. The van der Waals surface area contributed by atoms with Gasteiger partial charge in [-0.15, -0.1) is 0 Å². The number of hydrogen-bond donors (Lipinski definition) is 1. The molecule has 1 aromatic rings. The van der Waals surface area contributed by atoms with E-state index in [0.29, 0.717) is 12.0 Å². The summed E-state index contributed by atoms with van der Waals surface area (Å²) in [5.41, 5.74) is 2.33. The van der Waals surface area contributed by atoms with Gasteiger partial charge in [-0.05, 0) is 26.7 Å². The van der Waals surface area contributed by atoms with E-state index in [1.165, 1.54) is 18.5 Å². The van der Waals surface area contributed by atoms with Crippen LogP contribution in [-0.4, -0.2) is 29.1 Å². The summed E-state index contributed by atoms with van der Waals surface area (Å²) in [5.74, 6) is 1.33. The van der Waals surface area contributed by atoms with Crippen LogP contribution in [-0.2, 0) is 6.54 Å². The summed E-state index contributed by atoms with van der Waals surface area (Å²) in [5, 5.41) is 3.57. The number of nitrogens with zero attached hydrogens (tertiary/aromatic N) is 3. The Kier molecular flexibility index (Phi) is 4.75. The molecule has 0 bridgehead atoms. The molecule has 1 N–H and O–H groups in total. The van der Waals surface area contributed by atoms with E-state index in [0.717, 1.165) is 31.2 Å². The minimum absolute atomic E-state index is 0.380. The van der Waals surface area contributed by atoms with Gasteiger partial charge in [0.2, 0.25) is 0 Å². The zero-order chi connectivity index (χ0) is 13.8. The molecule has 106 valence electrons. The zero-order valence-corrected chi connectivity index (χ0v) is 12.6. The first-order chi connectivity index (χ1) is 9.15. The number of anilines is 1. The zero-order valence-electron chi connectivity index (χ0n) is 12.6. The quantitative estimate of drug-likeness (QED) is 0.820. The Balaban J connectivity index is 2.22. The topological polar surface area (TPSA) is 41.1 Å². The summed E-state index contributed by atoms with van der Waals surface area (Å²) in [7, 11) is 0. The third kappa shape index (κ3) is 3.66. The third-order valence-corrected chi connectivity index (χ3v) is 3.62. The van der Waals surface area contributed by atoms with Crippen LogP contribution in [0.4, 0.5) is 5.69 Å². The Hall–Kier alpha value is -1.16. The number of hydrogen-bond acceptors (Lipinski definition) is 4. The Morgan fingerprint density at radius 1 is 1.32 bits per heavy atom. The molecule has 1 aromatic heterocycles. The van der Waals surface area contributed by atoms with Crippen molar-refractivity contribution in [3.05, 3.63) is 17.7 Å². The van der Waals surface area contributed by atoms with E-state index in [-0.39, 0.29) is 0 Å². The number of nitrogens with one attached hydrogen (secondary N) is 1. The smallest absolute Gasteiger partial charge is 0.131 e. The van der Waals surface area contributed by atoms with Gasteiger partial charge in [0.1, 0.15) is 5.82 Å². The van der Waals surface area contributed by atoms with E-state index in [1.54, 1.807) is 0 Å². The maximum absolute atomic E-state index is 4.77. The molecule has 0 aliphatic heterocycles. The molecule has 0 unspecified atom stereocenters. The van der Waals surface area contributed by atoms with Crippen LogP contribution in [0.3, 0.4) is 0 Å². The Bertz CT molecular complexity index is 409. The lowest BCUT2D eigenvalue weighted by atomic mass is 10.2. The van der Waals surface area contributed by atoms with Crippen LogP contribution in [0, 0.1) is 0 Å². The van der Waals surface area contributed by atoms with Crippen molar-refractivity contribution in [2.24, 2.45) is 0 Å². The van der Waals surface area contributed by atoms with Crippen LogP contribution < -0.4 is 10.2 Å². The number of rotatable bonds is 7. The lowest BCUT2D eigenvalue weighted by Gasteiger charge is -2.24. The van der Waals surface area contributed by atoms with Gasteiger partial charge in [0.25, 0.3) is 0 Å². The predicted molar refractivity (Wildman–Crippen MR) is 79.5 cm³/mol. The summed E-state index contributed by atoms with van der Waals surface area (Å²) < 4.78 is 0. The van der Waals surface area contributed by atoms with Crippen molar-refractivity contribution >= 4 is 5.69 Å². The maximum Gasteiger partial charge on any atom is 0.131 e. The SMILES string of the molecule is CCN(CC)c1cnc(C(C)C)nc1CNC1CC1. The summed E-state index contributed by atoms with van der Waals surface area (Å²) in [4.78, 5) is 11.6. The van der Waals surface area contributed by atoms with E-state index in [1.807, 2.05) is 6.20 Å². The molecule has 1 fully saturated rings. The molecule has 4 nitrogen and oxygen atoms in total. The highest BCUT2D eigenvalue weighted by Crippen LogP contribution is 2.23. The van der Waals surface area contributed by atoms with E-state index in [4.69, 9.17) is 4.98 Å². The minimum Gasteiger partial charge on any atom is -0.369 e. The van der Waals surface area contributed by atoms with Crippen LogP contribution in [0.1, 0.15) is 58.0 Å². The van der Waals surface area contributed by atoms with Gasteiger partial charge in [0.05, 0.1) is 17.6 Å². The molecule has 1 saturated carbocycles. The van der Waals surface area contributed by atoms with Gasteiger partial charge in [-0.25, -0.2) is 9.97 Å². The van der Waals surface area contributed by atoms with Crippen molar-refractivity contribution in [2.45, 2.75) is 59.0 Å². The standard InChI is InChI=1S/C15H26N4/c1-5-19(6-2)14-10-17-15(11(3)4)18-13(14)9-16-12-7-8-12/h10-12,16H,5-9H2,1-4H3. The molecule has 1 aliphatic carbocycles. The highest BCUT2D eigenvalue weighted by Gasteiger charge is 2.22. The van der Waals surface area contributed by atoms with Crippen LogP contribution in [0.15, 0.2) is 6.20 Å². The van der Waals surface area contributed by atoms with Crippen LogP contribution in [0.2, 0.25) is 0 Å². The van der Waals surface area contributed by atoms with E-state index < -0.39 is 0 Å². The van der Waals surface area contributed by atoms with Crippen LogP contribution in [0.25, 0.3) is 0 Å². The summed E-state index contributed by atoms with van der Waals surface area (Å²) >= 11 is 0. The second-order valence-corrected chi connectivity index (χ2v) is 5.54. The van der Waals surface area contributed by atoms with Crippen molar-refractivity contribution in [1.29, 1.82) is 0 Å². The fourth-order valence-corrected chi connectivity index (χ4v) is 2.19. The van der Waals surface area contributed by atoms with Gasteiger partial charge in [-0.1, -0.05) is 13.8 Å². The fourth-order valence-electron chi connectivity index (χ4n) is 2.19. The maximum atomic E-state index is 4.77. The van der Waals surface area contributed by atoms with Gasteiger partial charge >= 0.3 is 0 Å². The van der Waals surface area contributed by atoms with E-state index in [2.05, 4.69) is 42.9 Å². The first kappa shape index (κ1) is 14.3. The molecule has 1 heterocycles.